The average molecular weight is 285 g/mol. The van der Waals surface area contributed by atoms with E-state index in [1.54, 1.807) is 7.11 Å². The number of hydrogen-bond donors (Lipinski definition) is 1. The van der Waals surface area contributed by atoms with Crippen LogP contribution < -0.4 is 10.5 Å². The summed E-state index contributed by atoms with van der Waals surface area (Å²) in [6.07, 6.45) is 0. The number of benzene rings is 2. The van der Waals surface area contributed by atoms with Crippen LogP contribution in [-0.4, -0.2) is 26.2 Å². The van der Waals surface area contributed by atoms with Gasteiger partial charge in [-0.15, -0.1) is 0 Å². The van der Waals surface area contributed by atoms with Crippen LogP contribution >= 0.6 is 0 Å². The van der Waals surface area contributed by atoms with E-state index >= 15 is 0 Å². The fraction of sp³-hybridized carbons (Fsp3) is 0.235. The molecule has 21 heavy (non-hydrogen) atoms. The molecule has 2 aromatic rings. The first kappa shape index (κ1) is 15.1. The molecule has 0 bridgehead atoms. The summed E-state index contributed by atoms with van der Waals surface area (Å²) in [5.74, 6) is -0.267. The summed E-state index contributed by atoms with van der Waals surface area (Å²) in [4.78, 5) is 11.9. The number of rotatable bonds is 7. The summed E-state index contributed by atoms with van der Waals surface area (Å²) in [6.45, 7) is 0.911. The van der Waals surface area contributed by atoms with Crippen molar-refractivity contribution in [2.45, 2.75) is 5.92 Å². The quantitative estimate of drug-likeness (QED) is 0.794. The zero-order valence-corrected chi connectivity index (χ0v) is 12.0. The van der Waals surface area contributed by atoms with E-state index in [-0.39, 0.29) is 0 Å². The number of hydrogen-bond acceptors (Lipinski definition) is 3. The number of nitrogens with two attached hydrogens (primary N) is 1. The molecule has 1 unspecified atom stereocenters. The first-order valence-corrected chi connectivity index (χ1v) is 6.79. The SMILES string of the molecule is COCCOc1ccccc1C(C(N)=O)c1ccccc1. The molecule has 0 aliphatic rings. The second-order valence-corrected chi connectivity index (χ2v) is 4.63. The van der Waals surface area contributed by atoms with Crippen LogP contribution in [-0.2, 0) is 9.53 Å². The van der Waals surface area contributed by atoms with Crippen LogP contribution in [0.25, 0.3) is 0 Å². The lowest BCUT2D eigenvalue weighted by Gasteiger charge is -2.18. The number of carbonyl (C=O) groups is 1. The second kappa shape index (κ2) is 7.45. The Labute approximate surface area is 124 Å². The number of primary amides is 1. The Bertz CT molecular complexity index is 584. The van der Waals surface area contributed by atoms with Crippen molar-refractivity contribution in [3.05, 3.63) is 65.7 Å². The largest absolute Gasteiger partial charge is 0.491 e. The maximum Gasteiger partial charge on any atom is 0.229 e. The van der Waals surface area contributed by atoms with E-state index < -0.39 is 11.8 Å². The highest BCUT2D eigenvalue weighted by molar-refractivity contribution is 5.86. The fourth-order valence-corrected chi connectivity index (χ4v) is 2.23. The Balaban J connectivity index is 2.35. The Hall–Kier alpha value is -2.33. The lowest BCUT2D eigenvalue weighted by atomic mass is 9.90. The Morgan fingerprint density at radius 1 is 1.05 bits per heavy atom. The molecular weight excluding hydrogens is 266 g/mol. The lowest BCUT2D eigenvalue weighted by Crippen LogP contribution is -2.23. The Kier molecular flexibility index (Phi) is 5.35. The smallest absolute Gasteiger partial charge is 0.229 e. The third-order valence-corrected chi connectivity index (χ3v) is 3.19. The Morgan fingerprint density at radius 3 is 2.38 bits per heavy atom. The van der Waals surface area contributed by atoms with Crippen molar-refractivity contribution < 1.29 is 14.3 Å². The average Bonchev–Trinajstić information content (AvgIpc) is 2.50. The van der Waals surface area contributed by atoms with Crippen molar-refractivity contribution in [3.8, 4) is 5.75 Å². The van der Waals surface area contributed by atoms with Crippen molar-refractivity contribution in [3.63, 3.8) is 0 Å². The van der Waals surface area contributed by atoms with E-state index in [1.165, 1.54) is 0 Å². The van der Waals surface area contributed by atoms with Gasteiger partial charge in [-0.2, -0.15) is 0 Å². The van der Waals surface area contributed by atoms with Gasteiger partial charge in [-0.25, -0.2) is 0 Å². The fourth-order valence-electron chi connectivity index (χ4n) is 2.23. The van der Waals surface area contributed by atoms with E-state index in [1.807, 2.05) is 54.6 Å². The molecular formula is C17H19NO3. The topological polar surface area (TPSA) is 61.6 Å². The molecule has 2 N–H and O–H groups in total. The normalized spacial score (nSPS) is 11.9. The highest BCUT2D eigenvalue weighted by atomic mass is 16.5. The standard InChI is InChI=1S/C17H19NO3/c1-20-11-12-21-15-10-6-5-9-14(15)16(17(18)19)13-7-3-2-4-8-13/h2-10,16H,11-12H2,1H3,(H2,18,19). The summed E-state index contributed by atoms with van der Waals surface area (Å²) >= 11 is 0. The molecule has 0 aliphatic heterocycles. The molecule has 2 aromatic carbocycles. The van der Waals surface area contributed by atoms with E-state index in [0.717, 1.165) is 11.1 Å². The number of ether oxygens (including phenoxy) is 2. The van der Waals surface area contributed by atoms with Crippen molar-refractivity contribution >= 4 is 5.91 Å². The maximum absolute atomic E-state index is 11.9. The van der Waals surface area contributed by atoms with Crippen LogP contribution in [0.15, 0.2) is 54.6 Å². The summed E-state index contributed by atoms with van der Waals surface area (Å²) in [5.41, 5.74) is 7.23. The summed E-state index contributed by atoms with van der Waals surface area (Å²) < 4.78 is 10.7. The highest BCUT2D eigenvalue weighted by Gasteiger charge is 2.23. The maximum atomic E-state index is 11.9. The molecule has 0 aromatic heterocycles. The summed E-state index contributed by atoms with van der Waals surface area (Å²) in [5, 5.41) is 0. The van der Waals surface area contributed by atoms with Crippen LogP contribution in [0.2, 0.25) is 0 Å². The molecule has 110 valence electrons. The predicted molar refractivity (Wildman–Crippen MR) is 81.3 cm³/mol. The second-order valence-electron chi connectivity index (χ2n) is 4.63. The van der Waals surface area contributed by atoms with E-state index in [2.05, 4.69) is 0 Å². The minimum Gasteiger partial charge on any atom is -0.491 e. The van der Waals surface area contributed by atoms with Gasteiger partial charge in [-0.05, 0) is 11.6 Å². The molecule has 0 saturated heterocycles. The molecule has 0 fully saturated rings. The number of para-hydroxylation sites is 1. The molecule has 0 aliphatic carbocycles. The van der Waals surface area contributed by atoms with Gasteiger partial charge in [0.15, 0.2) is 0 Å². The van der Waals surface area contributed by atoms with Crippen molar-refractivity contribution in [2.75, 3.05) is 20.3 Å². The van der Waals surface area contributed by atoms with Gasteiger partial charge < -0.3 is 15.2 Å². The molecule has 4 nitrogen and oxygen atoms in total. The van der Waals surface area contributed by atoms with Crippen LogP contribution in [0.5, 0.6) is 5.75 Å². The molecule has 1 amide bonds. The van der Waals surface area contributed by atoms with E-state index in [0.29, 0.717) is 19.0 Å². The van der Waals surface area contributed by atoms with Crippen LogP contribution in [0.4, 0.5) is 0 Å². The van der Waals surface area contributed by atoms with Gasteiger partial charge in [0.05, 0.1) is 12.5 Å². The number of amides is 1. The van der Waals surface area contributed by atoms with Gasteiger partial charge in [-0.1, -0.05) is 48.5 Å². The van der Waals surface area contributed by atoms with Gasteiger partial charge in [0, 0.05) is 12.7 Å². The van der Waals surface area contributed by atoms with Gasteiger partial charge in [0.1, 0.15) is 12.4 Å². The van der Waals surface area contributed by atoms with Gasteiger partial charge in [0.25, 0.3) is 0 Å². The molecule has 0 spiro atoms. The van der Waals surface area contributed by atoms with Gasteiger partial charge >= 0.3 is 0 Å². The predicted octanol–water partition coefficient (Wildman–Crippen LogP) is 2.33. The highest BCUT2D eigenvalue weighted by Crippen LogP contribution is 2.31. The van der Waals surface area contributed by atoms with Crippen LogP contribution in [0.3, 0.4) is 0 Å². The number of carbonyl (C=O) groups excluding carboxylic acids is 1. The van der Waals surface area contributed by atoms with E-state index in [9.17, 15) is 4.79 Å². The lowest BCUT2D eigenvalue weighted by molar-refractivity contribution is -0.118. The first-order valence-electron chi connectivity index (χ1n) is 6.79. The van der Waals surface area contributed by atoms with Gasteiger partial charge in [0.2, 0.25) is 5.91 Å². The summed E-state index contributed by atoms with van der Waals surface area (Å²) in [7, 11) is 1.62. The van der Waals surface area contributed by atoms with E-state index in [4.69, 9.17) is 15.2 Å². The molecule has 1 atom stereocenters. The zero-order valence-electron chi connectivity index (χ0n) is 12.0. The van der Waals surface area contributed by atoms with Crippen molar-refractivity contribution in [1.82, 2.24) is 0 Å². The monoisotopic (exact) mass is 285 g/mol. The van der Waals surface area contributed by atoms with Crippen LogP contribution in [0, 0.1) is 0 Å². The molecule has 0 heterocycles. The zero-order chi connectivity index (χ0) is 15.1. The summed E-state index contributed by atoms with van der Waals surface area (Å²) in [6, 6.07) is 16.9. The minimum absolute atomic E-state index is 0.399. The molecule has 0 radical (unpaired) electrons. The number of methoxy groups -OCH3 is 1. The Morgan fingerprint density at radius 2 is 1.71 bits per heavy atom. The van der Waals surface area contributed by atoms with Crippen LogP contribution in [0.1, 0.15) is 17.0 Å². The first-order chi connectivity index (χ1) is 10.2. The third kappa shape index (κ3) is 3.83. The minimum atomic E-state index is -0.523. The van der Waals surface area contributed by atoms with Crippen molar-refractivity contribution in [1.29, 1.82) is 0 Å². The molecule has 4 heteroatoms. The molecule has 2 rings (SSSR count). The third-order valence-electron chi connectivity index (χ3n) is 3.19. The van der Waals surface area contributed by atoms with Crippen molar-refractivity contribution in [2.24, 2.45) is 5.73 Å². The molecule has 0 saturated carbocycles. The van der Waals surface area contributed by atoms with Gasteiger partial charge in [-0.3, -0.25) is 4.79 Å².